The van der Waals surface area contributed by atoms with Crippen LogP contribution in [0.2, 0.25) is 0 Å². The highest BCUT2D eigenvalue weighted by Crippen LogP contribution is 2.45. The number of Topliss-reactive ketones (excluding diaryl/α,β-unsaturated/α-hetero) is 2. The van der Waals surface area contributed by atoms with Crippen molar-refractivity contribution in [3.8, 4) is 0 Å². The number of carbonyl (C=O) groups is 3. The minimum atomic E-state index is -0.677. The minimum Gasteiger partial charge on any atom is -0.481 e. The molecule has 0 amide bonds. The summed E-state index contributed by atoms with van der Waals surface area (Å²) < 4.78 is 0. The second-order valence-corrected chi connectivity index (χ2v) is 11.4. The summed E-state index contributed by atoms with van der Waals surface area (Å²) in [6.45, 7) is 4.25. The van der Waals surface area contributed by atoms with E-state index in [1.807, 2.05) is 6.92 Å². The molecule has 4 rings (SSSR count). The van der Waals surface area contributed by atoms with Crippen LogP contribution in [-0.2, 0) is 14.4 Å². The van der Waals surface area contributed by atoms with E-state index in [0.717, 1.165) is 57.8 Å². The van der Waals surface area contributed by atoms with Crippen molar-refractivity contribution in [3.05, 3.63) is 12.2 Å². The van der Waals surface area contributed by atoms with Crippen LogP contribution < -0.4 is 0 Å². The van der Waals surface area contributed by atoms with Gasteiger partial charge in [0.25, 0.3) is 0 Å². The van der Waals surface area contributed by atoms with Crippen molar-refractivity contribution in [3.63, 3.8) is 0 Å². The molecule has 4 aliphatic carbocycles. The molecule has 4 aliphatic rings. The molecule has 0 spiro atoms. The summed E-state index contributed by atoms with van der Waals surface area (Å²) in [6, 6.07) is 0. The minimum absolute atomic E-state index is 0.172. The molecular weight excluding hydrogens is 388 g/mol. The molecule has 0 aromatic heterocycles. The van der Waals surface area contributed by atoms with E-state index in [1.54, 1.807) is 0 Å². The van der Waals surface area contributed by atoms with Crippen molar-refractivity contribution in [2.24, 2.45) is 53.3 Å². The third kappa shape index (κ3) is 5.14. The highest BCUT2D eigenvalue weighted by molar-refractivity contribution is 5.82. The number of ketones is 2. The maximum absolute atomic E-state index is 12.9. The number of carboxylic acid groups (broad SMARTS) is 1. The van der Waals surface area contributed by atoms with E-state index in [1.165, 1.54) is 6.42 Å². The maximum Gasteiger partial charge on any atom is 0.306 e. The summed E-state index contributed by atoms with van der Waals surface area (Å²) in [6.07, 6.45) is 14.8. The van der Waals surface area contributed by atoms with Gasteiger partial charge in [-0.1, -0.05) is 26.0 Å². The number of carboxylic acids is 1. The predicted octanol–water partition coefficient (Wildman–Crippen LogP) is 5.70. The molecule has 9 unspecified atom stereocenters. The van der Waals surface area contributed by atoms with Gasteiger partial charge in [0.15, 0.2) is 0 Å². The van der Waals surface area contributed by atoms with Crippen molar-refractivity contribution >= 4 is 17.5 Å². The van der Waals surface area contributed by atoms with Gasteiger partial charge in [0.2, 0.25) is 0 Å². The van der Waals surface area contributed by atoms with Crippen LogP contribution in [-0.4, -0.2) is 22.6 Å². The van der Waals surface area contributed by atoms with Crippen molar-refractivity contribution in [2.45, 2.75) is 84.5 Å². The molecule has 3 fully saturated rings. The first-order valence-corrected chi connectivity index (χ1v) is 12.8. The lowest BCUT2D eigenvalue weighted by Crippen LogP contribution is -2.19. The first kappa shape index (κ1) is 22.7. The summed E-state index contributed by atoms with van der Waals surface area (Å²) in [5.41, 5.74) is 0. The fourth-order valence-electron chi connectivity index (χ4n) is 7.45. The normalized spacial score (nSPS) is 41.2. The van der Waals surface area contributed by atoms with E-state index in [-0.39, 0.29) is 23.7 Å². The van der Waals surface area contributed by atoms with Crippen LogP contribution in [0.25, 0.3) is 0 Å². The van der Waals surface area contributed by atoms with E-state index < -0.39 is 5.97 Å². The Hall–Kier alpha value is -1.45. The third-order valence-electron chi connectivity index (χ3n) is 9.22. The topological polar surface area (TPSA) is 71.4 Å². The lowest BCUT2D eigenvalue weighted by atomic mass is 9.86. The zero-order valence-corrected chi connectivity index (χ0v) is 19.3. The Labute approximate surface area is 187 Å². The van der Waals surface area contributed by atoms with E-state index >= 15 is 0 Å². The average Bonchev–Trinajstić information content (AvgIpc) is 3.50. The van der Waals surface area contributed by atoms with Gasteiger partial charge in [-0.3, -0.25) is 14.4 Å². The first-order valence-electron chi connectivity index (χ1n) is 12.8. The Morgan fingerprint density at radius 2 is 1.39 bits per heavy atom. The first-order chi connectivity index (χ1) is 14.8. The average molecular weight is 429 g/mol. The Balaban J connectivity index is 1.15. The number of rotatable bonds is 10. The molecule has 3 saturated carbocycles. The van der Waals surface area contributed by atoms with Crippen LogP contribution in [0.3, 0.4) is 0 Å². The van der Waals surface area contributed by atoms with Crippen molar-refractivity contribution in [2.75, 3.05) is 0 Å². The molecule has 31 heavy (non-hydrogen) atoms. The van der Waals surface area contributed by atoms with E-state index in [0.29, 0.717) is 47.6 Å². The van der Waals surface area contributed by atoms with Crippen LogP contribution in [0.5, 0.6) is 0 Å². The Morgan fingerprint density at radius 1 is 0.742 bits per heavy atom. The Morgan fingerprint density at radius 3 is 2.00 bits per heavy atom. The fourth-order valence-corrected chi connectivity index (χ4v) is 7.45. The number of carbonyl (C=O) groups excluding carboxylic acids is 2. The molecule has 1 N–H and O–H groups in total. The number of hydrogen-bond acceptors (Lipinski definition) is 3. The van der Waals surface area contributed by atoms with Crippen LogP contribution >= 0.6 is 0 Å². The zero-order chi connectivity index (χ0) is 22.1. The SMILES string of the molecule is CC1CC(CCC(=O)C2CC(CCCC(=O)C3CC4C=CC3C4)CC2C)CC1C(=O)O. The molecule has 172 valence electrons. The summed E-state index contributed by atoms with van der Waals surface area (Å²) in [7, 11) is 0. The van der Waals surface area contributed by atoms with Gasteiger partial charge in [-0.2, -0.15) is 0 Å². The Kier molecular flexibility index (Phi) is 7.03. The van der Waals surface area contributed by atoms with E-state index in [9.17, 15) is 19.5 Å². The Bertz CT molecular complexity index is 725. The number of fused-ring (bicyclic) bond motifs is 2. The van der Waals surface area contributed by atoms with Gasteiger partial charge >= 0.3 is 5.97 Å². The molecule has 0 radical (unpaired) electrons. The second-order valence-electron chi connectivity index (χ2n) is 11.4. The van der Waals surface area contributed by atoms with Gasteiger partial charge in [0.05, 0.1) is 5.92 Å². The summed E-state index contributed by atoms with van der Waals surface area (Å²) >= 11 is 0. The van der Waals surface area contributed by atoms with Crippen LogP contribution in [0.1, 0.15) is 84.5 Å². The van der Waals surface area contributed by atoms with E-state index in [2.05, 4.69) is 19.1 Å². The molecule has 0 aromatic carbocycles. The van der Waals surface area contributed by atoms with Gasteiger partial charge in [0, 0.05) is 24.7 Å². The smallest absolute Gasteiger partial charge is 0.306 e. The van der Waals surface area contributed by atoms with Gasteiger partial charge in [0.1, 0.15) is 11.6 Å². The monoisotopic (exact) mass is 428 g/mol. The van der Waals surface area contributed by atoms with E-state index in [4.69, 9.17) is 0 Å². The molecular formula is C27H40O4. The molecule has 0 saturated heterocycles. The lowest BCUT2D eigenvalue weighted by Gasteiger charge is -2.17. The van der Waals surface area contributed by atoms with Crippen molar-refractivity contribution in [1.82, 2.24) is 0 Å². The number of aliphatic carboxylic acids is 1. The third-order valence-corrected chi connectivity index (χ3v) is 9.22. The summed E-state index contributed by atoms with van der Waals surface area (Å²) in [5, 5.41) is 9.32. The standard InChI is InChI=1S/C27H40O4/c1-16-10-18(4-3-5-25(28)24-15-20-6-8-21(24)12-20)13-22(16)26(29)9-7-19-11-17(2)23(14-19)27(30)31/h6,8,16-24H,3-5,7,9-15H2,1-2H3,(H,30,31). The zero-order valence-electron chi connectivity index (χ0n) is 19.3. The molecule has 4 heteroatoms. The largest absolute Gasteiger partial charge is 0.481 e. The second kappa shape index (κ2) is 9.58. The van der Waals surface area contributed by atoms with Crippen molar-refractivity contribution in [1.29, 1.82) is 0 Å². The molecule has 2 bridgehead atoms. The number of allylic oxidation sites excluding steroid dienone is 2. The maximum atomic E-state index is 12.9. The predicted molar refractivity (Wildman–Crippen MR) is 120 cm³/mol. The van der Waals surface area contributed by atoms with Crippen LogP contribution in [0, 0.1) is 53.3 Å². The van der Waals surface area contributed by atoms with Crippen molar-refractivity contribution < 1.29 is 19.5 Å². The number of hydrogen-bond donors (Lipinski definition) is 1. The molecule has 0 aromatic rings. The van der Waals surface area contributed by atoms with Crippen LogP contribution in [0.15, 0.2) is 12.2 Å². The quantitative estimate of drug-likeness (QED) is 0.453. The fraction of sp³-hybridized carbons (Fsp3) is 0.815. The highest BCUT2D eigenvalue weighted by atomic mass is 16.4. The molecule has 0 aliphatic heterocycles. The van der Waals surface area contributed by atoms with Gasteiger partial charge in [-0.05, 0) is 93.3 Å². The molecule has 4 nitrogen and oxygen atoms in total. The molecule has 0 heterocycles. The summed E-state index contributed by atoms with van der Waals surface area (Å²) in [5.74, 6) is 3.23. The lowest BCUT2D eigenvalue weighted by molar-refractivity contribution is -0.142. The van der Waals surface area contributed by atoms with Gasteiger partial charge in [-0.25, -0.2) is 0 Å². The highest BCUT2D eigenvalue weighted by Gasteiger charge is 2.40. The molecule has 9 atom stereocenters. The van der Waals surface area contributed by atoms with Crippen LogP contribution in [0.4, 0.5) is 0 Å². The summed E-state index contributed by atoms with van der Waals surface area (Å²) in [4.78, 5) is 36.9. The van der Waals surface area contributed by atoms with Gasteiger partial charge < -0.3 is 5.11 Å². The van der Waals surface area contributed by atoms with Gasteiger partial charge in [-0.15, -0.1) is 0 Å².